The van der Waals surface area contributed by atoms with Crippen molar-refractivity contribution in [1.29, 1.82) is 0 Å². The average molecular weight is 369 g/mol. The van der Waals surface area contributed by atoms with Crippen LogP contribution in [-0.2, 0) is 7.05 Å². The molecule has 1 unspecified atom stereocenters. The lowest BCUT2D eigenvalue weighted by Crippen LogP contribution is -2.31. The van der Waals surface area contributed by atoms with Crippen LogP contribution in [0.3, 0.4) is 0 Å². The van der Waals surface area contributed by atoms with E-state index in [0.29, 0.717) is 22.9 Å². The molecule has 0 saturated heterocycles. The Balaban J connectivity index is 2.04. The van der Waals surface area contributed by atoms with E-state index in [9.17, 15) is 9.18 Å². The molecule has 6 nitrogen and oxygen atoms in total. The van der Waals surface area contributed by atoms with Gasteiger partial charge in [0.1, 0.15) is 29.2 Å². The lowest BCUT2D eigenvalue weighted by molar-refractivity contribution is 0.0937. The van der Waals surface area contributed by atoms with E-state index >= 15 is 0 Å². The Hall–Kier alpha value is -3.35. The maximum Gasteiger partial charge on any atom is 0.255 e. The molecule has 140 valence electrons. The number of benzene rings is 2. The molecular formula is C20H20FN3O3. The summed E-state index contributed by atoms with van der Waals surface area (Å²) in [5.74, 6) is 0.613. The fraction of sp³-hybridized carbons (Fsp3) is 0.200. The minimum Gasteiger partial charge on any atom is -0.497 e. The first kappa shape index (κ1) is 18.4. The minimum absolute atomic E-state index is 0.0356. The molecule has 0 bridgehead atoms. The van der Waals surface area contributed by atoms with Gasteiger partial charge in [0.25, 0.3) is 5.91 Å². The van der Waals surface area contributed by atoms with E-state index < -0.39 is 17.8 Å². The van der Waals surface area contributed by atoms with Gasteiger partial charge in [0, 0.05) is 25.5 Å². The second-order valence-electron chi connectivity index (χ2n) is 5.93. The smallest absolute Gasteiger partial charge is 0.255 e. The van der Waals surface area contributed by atoms with Crippen molar-refractivity contribution >= 4 is 5.91 Å². The van der Waals surface area contributed by atoms with Crippen LogP contribution >= 0.6 is 0 Å². The zero-order valence-electron chi connectivity index (χ0n) is 15.3. The number of amides is 1. The number of carbonyl (C=O) groups excluding carboxylic acids is 1. The van der Waals surface area contributed by atoms with Crippen LogP contribution in [0.4, 0.5) is 4.39 Å². The average Bonchev–Trinajstić information content (AvgIpc) is 3.11. The maximum absolute atomic E-state index is 14.0. The zero-order valence-corrected chi connectivity index (χ0v) is 15.3. The highest BCUT2D eigenvalue weighted by atomic mass is 19.1. The van der Waals surface area contributed by atoms with Crippen LogP contribution in [0.25, 0.3) is 0 Å². The summed E-state index contributed by atoms with van der Waals surface area (Å²) >= 11 is 0. The Bertz CT molecular complexity index is 933. The molecule has 0 radical (unpaired) electrons. The number of hydrogen-bond acceptors (Lipinski definition) is 4. The van der Waals surface area contributed by atoms with Gasteiger partial charge in [-0.3, -0.25) is 4.79 Å². The summed E-state index contributed by atoms with van der Waals surface area (Å²) in [6.45, 7) is 0. The molecule has 1 heterocycles. The Morgan fingerprint density at radius 2 is 1.81 bits per heavy atom. The van der Waals surface area contributed by atoms with Crippen molar-refractivity contribution in [2.24, 2.45) is 7.05 Å². The number of halogens is 1. The van der Waals surface area contributed by atoms with Crippen LogP contribution in [-0.4, -0.2) is 29.7 Å². The molecule has 0 saturated carbocycles. The predicted molar refractivity (Wildman–Crippen MR) is 98.5 cm³/mol. The van der Waals surface area contributed by atoms with Crippen LogP contribution < -0.4 is 14.8 Å². The zero-order chi connectivity index (χ0) is 19.4. The topological polar surface area (TPSA) is 65.4 Å². The van der Waals surface area contributed by atoms with E-state index in [1.165, 1.54) is 18.2 Å². The third-order valence-electron chi connectivity index (χ3n) is 4.22. The molecule has 1 amide bonds. The number of carbonyl (C=O) groups is 1. The number of aromatic nitrogens is 2. The van der Waals surface area contributed by atoms with Crippen LogP contribution in [0, 0.1) is 5.82 Å². The molecule has 3 rings (SSSR count). The third-order valence-corrected chi connectivity index (χ3v) is 4.22. The summed E-state index contributed by atoms with van der Waals surface area (Å²) < 4.78 is 26.5. The Morgan fingerprint density at radius 3 is 2.37 bits per heavy atom. The molecule has 2 aromatic carbocycles. The van der Waals surface area contributed by atoms with Crippen molar-refractivity contribution < 1.29 is 18.7 Å². The molecule has 0 aliphatic heterocycles. The molecular weight excluding hydrogens is 349 g/mol. The molecule has 1 N–H and O–H groups in total. The number of methoxy groups -OCH3 is 2. The van der Waals surface area contributed by atoms with E-state index in [1.54, 1.807) is 55.4 Å². The van der Waals surface area contributed by atoms with Gasteiger partial charge in [0.2, 0.25) is 0 Å². The van der Waals surface area contributed by atoms with Gasteiger partial charge in [0.05, 0.1) is 19.8 Å². The summed E-state index contributed by atoms with van der Waals surface area (Å²) in [5, 5.41) is 2.86. The summed E-state index contributed by atoms with van der Waals surface area (Å²) in [6, 6.07) is 10.5. The molecule has 0 aliphatic carbocycles. The fourth-order valence-electron chi connectivity index (χ4n) is 2.80. The van der Waals surface area contributed by atoms with Gasteiger partial charge in [-0.15, -0.1) is 0 Å². The minimum atomic E-state index is -0.624. The lowest BCUT2D eigenvalue weighted by Gasteiger charge is -2.20. The SMILES string of the molecule is COc1cc(OC)cc(C(NC(=O)c2ccccc2F)c2nccn2C)c1. The number of ether oxygens (including phenoxy) is 2. The van der Waals surface area contributed by atoms with E-state index in [4.69, 9.17) is 9.47 Å². The number of nitrogens with one attached hydrogen (secondary N) is 1. The molecule has 1 aromatic heterocycles. The molecule has 3 aromatic rings. The van der Waals surface area contributed by atoms with Crippen molar-refractivity contribution in [3.8, 4) is 11.5 Å². The summed E-state index contributed by atoms with van der Waals surface area (Å²) in [4.78, 5) is 17.1. The maximum atomic E-state index is 14.0. The number of nitrogens with zero attached hydrogens (tertiary/aromatic N) is 2. The highest BCUT2D eigenvalue weighted by Gasteiger charge is 2.24. The molecule has 0 aliphatic rings. The molecule has 1 atom stereocenters. The largest absolute Gasteiger partial charge is 0.497 e. The van der Waals surface area contributed by atoms with Crippen LogP contribution in [0.2, 0.25) is 0 Å². The number of aryl methyl sites for hydroxylation is 1. The monoisotopic (exact) mass is 369 g/mol. The van der Waals surface area contributed by atoms with Crippen molar-refractivity contribution in [3.05, 3.63) is 77.6 Å². The first-order valence-corrected chi connectivity index (χ1v) is 8.29. The molecule has 7 heteroatoms. The van der Waals surface area contributed by atoms with Crippen molar-refractivity contribution in [2.45, 2.75) is 6.04 Å². The van der Waals surface area contributed by atoms with Gasteiger partial charge in [-0.1, -0.05) is 12.1 Å². The van der Waals surface area contributed by atoms with Gasteiger partial charge >= 0.3 is 0 Å². The summed E-state index contributed by atoms with van der Waals surface area (Å²) in [7, 11) is 4.92. The Kier molecular flexibility index (Phi) is 5.40. The Morgan fingerprint density at radius 1 is 1.15 bits per heavy atom. The fourth-order valence-corrected chi connectivity index (χ4v) is 2.80. The van der Waals surface area contributed by atoms with E-state index in [-0.39, 0.29) is 5.56 Å². The standard InChI is InChI=1S/C20H20FN3O3/c1-24-9-8-22-19(24)18(13-10-14(26-2)12-15(11-13)27-3)23-20(25)16-6-4-5-7-17(16)21/h4-12,18H,1-3H3,(H,23,25). The van der Waals surface area contributed by atoms with E-state index in [1.807, 2.05) is 7.05 Å². The third kappa shape index (κ3) is 3.92. The summed E-state index contributed by atoms with van der Waals surface area (Å²) in [5.41, 5.74) is 0.664. The normalized spacial score (nSPS) is 11.7. The highest BCUT2D eigenvalue weighted by molar-refractivity contribution is 5.94. The van der Waals surface area contributed by atoms with Crippen LogP contribution in [0.15, 0.2) is 54.9 Å². The second kappa shape index (κ2) is 7.90. The summed E-state index contributed by atoms with van der Waals surface area (Å²) in [6.07, 6.45) is 3.41. The second-order valence-corrected chi connectivity index (χ2v) is 5.93. The van der Waals surface area contributed by atoms with Gasteiger partial charge in [-0.2, -0.15) is 0 Å². The van der Waals surface area contributed by atoms with E-state index in [0.717, 1.165) is 0 Å². The number of rotatable bonds is 6. The van der Waals surface area contributed by atoms with E-state index in [2.05, 4.69) is 10.3 Å². The molecule has 0 fully saturated rings. The number of imidazole rings is 1. The quantitative estimate of drug-likeness (QED) is 0.725. The number of hydrogen-bond donors (Lipinski definition) is 1. The van der Waals surface area contributed by atoms with Crippen molar-refractivity contribution in [2.75, 3.05) is 14.2 Å². The van der Waals surface area contributed by atoms with Crippen molar-refractivity contribution in [1.82, 2.24) is 14.9 Å². The predicted octanol–water partition coefficient (Wildman–Crippen LogP) is 3.10. The van der Waals surface area contributed by atoms with Gasteiger partial charge in [-0.05, 0) is 29.8 Å². The molecule has 27 heavy (non-hydrogen) atoms. The van der Waals surface area contributed by atoms with Gasteiger partial charge < -0.3 is 19.4 Å². The molecule has 0 spiro atoms. The van der Waals surface area contributed by atoms with Crippen LogP contribution in [0.5, 0.6) is 11.5 Å². The van der Waals surface area contributed by atoms with Crippen LogP contribution in [0.1, 0.15) is 27.8 Å². The first-order chi connectivity index (χ1) is 13.0. The van der Waals surface area contributed by atoms with Gasteiger partial charge in [-0.25, -0.2) is 9.37 Å². The highest BCUT2D eigenvalue weighted by Crippen LogP contribution is 2.29. The first-order valence-electron chi connectivity index (χ1n) is 8.29. The lowest BCUT2D eigenvalue weighted by atomic mass is 10.0. The van der Waals surface area contributed by atoms with Crippen molar-refractivity contribution in [3.63, 3.8) is 0 Å². The Labute approximate surface area is 156 Å². The van der Waals surface area contributed by atoms with Gasteiger partial charge in [0.15, 0.2) is 0 Å².